The predicted octanol–water partition coefficient (Wildman–Crippen LogP) is 1.68. The SMILES string of the molecule is CC1CCN(CCNC(=O)N[C@@H]2c3ccccc3C[C@@H]2O)CC1. The number of benzene rings is 1. The summed E-state index contributed by atoms with van der Waals surface area (Å²) in [6.07, 6.45) is 2.56. The molecule has 1 saturated heterocycles. The number of nitrogens with zero attached hydrogens (tertiary/aromatic N) is 1. The van der Waals surface area contributed by atoms with E-state index in [9.17, 15) is 9.90 Å². The Morgan fingerprint density at radius 3 is 2.83 bits per heavy atom. The Labute approximate surface area is 138 Å². The summed E-state index contributed by atoms with van der Waals surface area (Å²) in [7, 11) is 0. The lowest BCUT2D eigenvalue weighted by Crippen LogP contribution is -2.44. The van der Waals surface area contributed by atoms with E-state index in [1.807, 2.05) is 24.3 Å². The highest BCUT2D eigenvalue weighted by molar-refractivity contribution is 5.74. The predicted molar refractivity (Wildman–Crippen MR) is 90.3 cm³/mol. The summed E-state index contributed by atoms with van der Waals surface area (Å²) in [5.74, 6) is 0.825. The summed E-state index contributed by atoms with van der Waals surface area (Å²) < 4.78 is 0. The third-order valence-electron chi connectivity index (χ3n) is 5.08. The third-order valence-corrected chi connectivity index (χ3v) is 5.08. The van der Waals surface area contributed by atoms with Gasteiger partial charge in [0.15, 0.2) is 0 Å². The molecule has 0 spiro atoms. The number of piperidine rings is 1. The van der Waals surface area contributed by atoms with Crippen molar-refractivity contribution in [2.24, 2.45) is 5.92 Å². The minimum absolute atomic E-state index is 0.198. The maximum Gasteiger partial charge on any atom is 0.315 e. The Morgan fingerprint density at radius 2 is 2.04 bits per heavy atom. The highest BCUT2D eigenvalue weighted by atomic mass is 16.3. The van der Waals surface area contributed by atoms with Crippen molar-refractivity contribution in [3.63, 3.8) is 0 Å². The van der Waals surface area contributed by atoms with Gasteiger partial charge in [-0.3, -0.25) is 0 Å². The van der Waals surface area contributed by atoms with Crippen LogP contribution in [-0.4, -0.2) is 48.3 Å². The summed E-state index contributed by atoms with van der Waals surface area (Å²) in [5, 5.41) is 16.0. The summed E-state index contributed by atoms with van der Waals surface area (Å²) in [6.45, 7) is 6.08. The second-order valence-electron chi connectivity index (χ2n) is 6.87. The summed E-state index contributed by atoms with van der Waals surface area (Å²) in [6, 6.07) is 7.40. The van der Waals surface area contributed by atoms with Crippen molar-refractivity contribution < 1.29 is 9.90 Å². The van der Waals surface area contributed by atoms with Gasteiger partial charge < -0.3 is 20.6 Å². The second-order valence-corrected chi connectivity index (χ2v) is 6.87. The molecule has 3 N–H and O–H groups in total. The second kappa shape index (κ2) is 7.32. The Hall–Kier alpha value is -1.59. The Kier molecular flexibility index (Phi) is 5.18. The maximum absolute atomic E-state index is 12.1. The lowest BCUT2D eigenvalue weighted by Gasteiger charge is -2.30. The van der Waals surface area contributed by atoms with Crippen LogP contribution >= 0.6 is 0 Å². The molecule has 1 aliphatic carbocycles. The van der Waals surface area contributed by atoms with Crippen LogP contribution in [0.15, 0.2) is 24.3 Å². The molecule has 0 bridgehead atoms. The zero-order valence-electron chi connectivity index (χ0n) is 13.8. The maximum atomic E-state index is 12.1. The minimum atomic E-state index is -0.540. The highest BCUT2D eigenvalue weighted by Crippen LogP contribution is 2.30. The Morgan fingerprint density at radius 1 is 1.30 bits per heavy atom. The van der Waals surface area contributed by atoms with Crippen LogP contribution in [0.4, 0.5) is 4.79 Å². The lowest BCUT2D eigenvalue weighted by atomic mass is 9.99. The smallest absolute Gasteiger partial charge is 0.315 e. The van der Waals surface area contributed by atoms with Crippen molar-refractivity contribution in [3.05, 3.63) is 35.4 Å². The van der Waals surface area contributed by atoms with E-state index >= 15 is 0 Å². The van der Waals surface area contributed by atoms with Crippen LogP contribution in [0.1, 0.15) is 36.9 Å². The molecule has 1 aliphatic heterocycles. The molecule has 1 aromatic carbocycles. The molecule has 1 heterocycles. The van der Waals surface area contributed by atoms with Crippen molar-refractivity contribution >= 4 is 6.03 Å². The molecule has 5 nitrogen and oxygen atoms in total. The number of rotatable bonds is 4. The van der Waals surface area contributed by atoms with E-state index < -0.39 is 6.10 Å². The van der Waals surface area contributed by atoms with Crippen LogP contribution in [0.5, 0.6) is 0 Å². The summed E-state index contributed by atoms with van der Waals surface area (Å²) >= 11 is 0. The van der Waals surface area contributed by atoms with Gasteiger partial charge in [-0.05, 0) is 43.0 Å². The first kappa shape index (κ1) is 16.3. The average molecular weight is 317 g/mol. The third kappa shape index (κ3) is 4.03. The van der Waals surface area contributed by atoms with Crippen molar-refractivity contribution in [1.29, 1.82) is 0 Å². The number of carbonyl (C=O) groups is 1. The molecular weight excluding hydrogens is 290 g/mol. The van der Waals surface area contributed by atoms with E-state index in [1.165, 1.54) is 12.8 Å². The van der Waals surface area contributed by atoms with Crippen molar-refractivity contribution in [2.45, 2.75) is 38.3 Å². The molecule has 2 aliphatic rings. The minimum Gasteiger partial charge on any atom is -0.390 e. The number of nitrogens with one attached hydrogen (secondary N) is 2. The van der Waals surface area contributed by atoms with Crippen molar-refractivity contribution in [2.75, 3.05) is 26.2 Å². The molecular formula is C18H27N3O2. The molecule has 0 radical (unpaired) electrons. The van der Waals surface area contributed by atoms with Crippen LogP contribution < -0.4 is 10.6 Å². The molecule has 2 amide bonds. The first-order valence-corrected chi connectivity index (χ1v) is 8.66. The zero-order chi connectivity index (χ0) is 16.2. The Balaban J connectivity index is 1.43. The molecule has 0 saturated carbocycles. The van der Waals surface area contributed by atoms with Crippen molar-refractivity contribution in [1.82, 2.24) is 15.5 Å². The van der Waals surface area contributed by atoms with Gasteiger partial charge >= 0.3 is 6.03 Å². The molecule has 126 valence electrons. The molecule has 0 aromatic heterocycles. The number of urea groups is 1. The number of carbonyl (C=O) groups excluding carboxylic acids is 1. The summed E-state index contributed by atoms with van der Waals surface area (Å²) in [5.41, 5.74) is 2.15. The van der Waals surface area contributed by atoms with Crippen LogP contribution in [0.3, 0.4) is 0 Å². The fourth-order valence-corrected chi connectivity index (χ4v) is 3.55. The lowest BCUT2D eigenvalue weighted by molar-refractivity contribution is 0.142. The van der Waals surface area contributed by atoms with Gasteiger partial charge in [0.2, 0.25) is 0 Å². The fraction of sp³-hybridized carbons (Fsp3) is 0.611. The van der Waals surface area contributed by atoms with Gasteiger partial charge in [0.1, 0.15) is 0 Å². The molecule has 1 fully saturated rings. The van der Waals surface area contributed by atoms with Crippen molar-refractivity contribution in [3.8, 4) is 0 Å². The van der Waals surface area contributed by atoms with Crippen LogP contribution in [0.2, 0.25) is 0 Å². The molecule has 5 heteroatoms. The topological polar surface area (TPSA) is 64.6 Å². The quantitative estimate of drug-likeness (QED) is 0.791. The highest BCUT2D eigenvalue weighted by Gasteiger charge is 2.31. The standard InChI is InChI=1S/C18H27N3O2/c1-13-6-9-21(10-7-13)11-8-19-18(23)20-17-15-5-3-2-4-14(15)12-16(17)22/h2-5,13,16-17,22H,6-12H2,1H3,(H2,19,20,23)/t16-,17+/m0/s1. The van der Waals surface area contributed by atoms with E-state index in [1.54, 1.807) is 0 Å². The van der Waals surface area contributed by atoms with Gasteiger partial charge in [-0.25, -0.2) is 4.79 Å². The molecule has 3 rings (SSSR count). The number of amides is 2. The number of aliphatic hydroxyl groups excluding tert-OH is 1. The fourth-order valence-electron chi connectivity index (χ4n) is 3.55. The van der Waals surface area contributed by atoms with E-state index in [-0.39, 0.29) is 12.1 Å². The van der Waals surface area contributed by atoms with Crippen LogP contribution in [-0.2, 0) is 6.42 Å². The van der Waals surface area contributed by atoms with Gasteiger partial charge in [0.05, 0.1) is 12.1 Å². The van der Waals surface area contributed by atoms with Gasteiger partial charge in [-0.2, -0.15) is 0 Å². The molecule has 0 unspecified atom stereocenters. The zero-order valence-corrected chi connectivity index (χ0v) is 13.8. The summed E-state index contributed by atoms with van der Waals surface area (Å²) in [4.78, 5) is 14.5. The largest absolute Gasteiger partial charge is 0.390 e. The molecule has 1 aromatic rings. The number of fused-ring (bicyclic) bond motifs is 1. The monoisotopic (exact) mass is 317 g/mol. The van der Waals surface area contributed by atoms with Crippen LogP contribution in [0.25, 0.3) is 0 Å². The normalized spacial score (nSPS) is 25.1. The van der Waals surface area contributed by atoms with Gasteiger partial charge in [0.25, 0.3) is 0 Å². The number of aliphatic hydroxyl groups is 1. The van der Waals surface area contributed by atoms with Gasteiger partial charge in [0, 0.05) is 19.5 Å². The first-order chi connectivity index (χ1) is 11.1. The Bertz CT molecular complexity index is 541. The molecule has 23 heavy (non-hydrogen) atoms. The van der Waals surface area contributed by atoms with E-state index in [0.717, 1.165) is 36.7 Å². The molecule has 2 atom stereocenters. The number of likely N-dealkylation sites (tertiary alicyclic amines) is 1. The first-order valence-electron chi connectivity index (χ1n) is 8.66. The number of hydrogen-bond acceptors (Lipinski definition) is 3. The number of hydrogen-bond donors (Lipinski definition) is 3. The van der Waals surface area contributed by atoms with E-state index in [4.69, 9.17) is 0 Å². The van der Waals surface area contributed by atoms with E-state index in [2.05, 4.69) is 22.5 Å². The van der Waals surface area contributed by atoms with E-state index in [0.29, 0.717) is 13.0 Å². The van der Waals surface area contributed by atoms with Gasteiger partial charge in [-0.1, -0.05) is 31.2 Å². The van der Waals surface area contributed by atoms with Crippen LogP contribution in [0, 0.1) is 5.92 Å². The van der Waals surface area contributed by atoms with Gasteiger partial charge in [-0.15, -0.1) is 0 Å². The average Bonchev–Trinajstić information content (AvgIpc) is 2.85.